The van der Waals surface area contributed by atoms with E-state index in [-0.39, 0.29) is 34.8 Å². The number of aryl methyl sites for hydroxylation is 1. The van der Waals surface area contributed by atoms with Gasteiger partial charge in [0.2, 0.25) is 11.8 Å². The fraction of sp³-hybridized carbons (Fsp3) is 0.333. The van der Waals surface area contributed by atoms with Crippen LogP contribution in [0.2, 0.25) is 5.02 Å². The lowest BCUT2D eigenvalue weighted by molar-refractivity contribution is -0.139. The molecule has 0 aliphatic rings. The van der Waals surface area contributed by atoms with Gasteiger partial charge < -0.3 is 19.7 Å². The number of carbonyl (C=O) groups excluding carboxylic acids is 2. The molecule has 1 N–H and O–H groups in total. The van der Waals surface area contributed by atoms with Crippen molar-refractivity contribution in [3.63, 3.8) is 0 Å². The highest BCUT2D eigenvalue weighted by Crippen LogP contribution is 2.32. The van der Waals surface area contributed by atoms with E-state index in [1.165, 1.54) is 49.5 Å². The first-order chi connectivity index (χ1) is 19.4. The minimum Gasteiger partial charge on any atom is -0.493 e. The Morgan fingerprint density at radius 2 is 1.51 bits per heavy atom. The zero-order chi connectivity index (χ0) is 30.3. The minimum absolute atomic E-state index is 0.103. The summed E-state index contributed by atoms with van der Waals surface area (Å²) in [6, 6.07) is 16.9. The number of benzene rings is 3. The number of ether oxygens (including phenoxy) is 2. The molecule has 220 valence electrons. The summed E-state index contributed by atoms with van der Waals surface area (Å²) in [7, 11) is -1.44. The van der Waals surface area contributed by atoms with Crippen molar-refractivity contribution >= 4 is 39.1 Å². The molecule has 0 bridgehead atoms. The number of hydrogen-bond donors (Lipinski definition) is 1. The number of nitrogens with zero attached hydrogens (tertiary/aromatic N) is 2. The molecule has 3 rings (SSSR count). The third kappa shape index (κ3) is 7.92. The van der Waals surface area contributed by atoms with Gasteiger partial charge in [0.25, 0.3) is 10.0 Å². The lowest BCUT2D eigenvalue weighted by Gasteiger charge is -2.32. The summed E-state index contributed by atoms with van der Waals surface area (Å²) in [6.45, 7) is 6.78. The number of halogens is 1. The van der Waals surface area contributed by atoms with Crippen molar-refractivity contribution in [1.82, 2.24) is 10.2 Å². The van der Waals surface area contributed by atoms with E-state index >= 15 is 0 Å². The van der Waals surface area contributed by atoms with Gasteiger partial charge in [-0.05, 0) is 69.7 Å². The maximum absolute atomic E-state index is 14.0. The standard InChI is InChI=1S/C30H36ClN3O6S/c1-20(2)32-30(36)22(4)33(18-23-9-7-21(3)8-10-23)29(35)19-34(25-13-11-24(31)12-14-25)41(37,38)26-15-16-27(39-5)28(17-26)40-6/h7-17,20,22H,18-19H2,1-6H3,(H,32,36)/t22-/m1/s1. The van der Waals surface area contributed by atoms with Gasteiger partial charge in [0, 0.05) is 23.7 Å². The van der Waals surface area contributed by atoms with E-state index in [4.69, 9.17) is 21.1 Å². The van der Waals surface area contributed by atoms with Crippen molar-refractivity contribution < 1.29 is 27.5 Å². The summed E-state index contributed by atoms with van der Waals surface area (Å²) in [6.07, 6.45) is 0. The molecule has 0 heterocycles. The Morgan fingerprint density at radius 1 is 0.902 bits per heavy atom. The molecule has 0 aliphatic heterocycles. The Labute approximate surface area is 247 Å². The maximum atomic E-state index is 14.0. The number of hydrogen-bond acceptors (Lipinski definition) is 6. The highest BCUT2D eigenvalue weighted by Gasteiger charge is 2.33. The molecule has 9 nitrogen and oxygen atoms in total. The molecule has 0 radical (unpaired) electrons. The van der Waals surface area contributed by atoms with E-state index in [1.54, 1.807) is 19.1 Å². The third-order valence-corrected chi connectivity index (χ3v) is 8.43. The number of sulfonamides is 1. The second-order valence-electron chi connectivity index (χ2n) is 9.85. The van der Waals surface area contributed by atoms with Gasteiger partial charge in [0.05, 0.1) is 24.8 Å². The van der Waals surface area contributed by atoms with Crippen molar-refractivity contribution in [2.75, 3.05) is 25.1 Å². The summed E-state index contributed by atoms with van der Waals surface area (Å²) in [4.78, 5) is 28.3. The van der Waals surface area contributed by atoms with E-state index in [1.807, 2.05) is 45.0 Å². The van der Waals surface area contributed by atoms with Gasteiger partial charge >= 0.3 is 0 Å². The minimum atomic E-state index is -4.29. The van der Waals surface area contributed by atoms with Gasteiger partial charge in [-0.1, -0.05) is 41.4 Å². The van der Waals surface area contributed by atoms with Crippen LogP contribution in [0.1, 0.15) is 31.9 Å². The second-order valence-corrected chi connectivity index (χ2v) is 12.2. The molecule has 2 amide bonds. The molecule has 3 aromatic carbocycles. The molecule has 0 aromatic heterocycles. The van der Waals surface area contributed by atoms with Gasteiger partial charge in [0.1, 0.15) is 12.6 Å². The Bertz CT molecular complexity index is 1460. The summed E-state index contributed by atoms with van der Waals surface area (Å²) in [5.74, 6) is -0.331. The number of carbonyl (C=O) groups is 2. The van der Waals surface area contributed by atoms with Crippen LogP contribution in [-0.4, -0.2) is 58.0 Å². The lowest BCUT2D eigenvalue weighted by Crippen LogP contribution is -2.52. The van der Waals surface area contributed by atoms with Gasteiger partial charge in [-0.3, -0.25) is 13.9 Å². The van der Waals surface area contributed by atoms with Crippen LogP contribution in [0, 0.1) is 6.92 Å². The molecule has 11 heteroatoms. The van der Waals surface area contributed by atoms with Crippen LogP contribution in [0.15, 0.2) is 71.6 Å². The highest BCUT2D eigenvalue weighted by molar-refractivity contribution is 7.92. The van der Waals surface area contributed by atoms with Crippen LogP contribution in [0.4, 0.5) is 5.69 Å². The third-order valence-electron chi connectivity index (χ3n) is 6.41. The van der Waals surface area contributed by atoms with Crippen LogP contribution in [0.5, 0.6) is 11.5 Å². The van der Waals surface area contributed by atoms with Crippen LogP contribution in [0.3, 0.4) is 0 Å². The molecule has 0 unspecified atom stereocenters. The number of anilines is 1. The Morgan fingerprint density at radius 3 is 2.07 bits per heavy atom. The molecule has 41 heavy (non-hydrogen) atoms. The smallest absolute Gasteiger partial charge is 0.264 e. The van der Waals surface area contributed by atoms with Crippen molar-refractivity contribution in [3.05, 3.63) is 82.9 Å². The quantitative estimate of drug-likeness (QED) is 0.320. The molecular weight excluding hydrogens is 566 g/mol. The summed E-state index contributed by atoms with van der Waals surface area (Å²) >= 11 is 6.08. The van der Waals surface area contributed by atoms with Crippen LogP contribution >= 0.6 is 11.6 Å². The number of nitrogens with one attached hydrogen (secondary N) is 1. The average Bonchev–Trinajstić information content (AvgIpc) is 2.94. The van der Waals surface area contributed by atoms with Crippen LogP contribution in [0.25, 0.3) is 0 Å². The predicted octanol–water partition coefficient (Wildman–Crippen LogP) is 4.80. The maximum Gasteiger partial charge on any atom is 0.264 e. The largest absolute Gasteiger partial charge is 0.493 e. The van der Waals surface area contributed by atoms with Crippen LogP contribution < -0.4 is 19.1 Å². The summed E-state index contributed by atoms with van der Waals surface area (Å²) < 4.78 is 39.6. The molecular formula is C30H36ClN3O6S. The molecule has 0 saturated heterocycles. The number of methoxy groups -OCH3 is 2. The molecule has 0 spiro atoms. The molecule has 0 saturated carbocycles. The van der Waals surface area contributed by atoms with Crippen molar-refractivity contribution in [2.24, 2.45) is 0 Å². The molecule has 0 fully saturated rings. The monoisotopic (exact) mass is 601 g/mol. The fourth-order valence-electron chi connectivity index (χ4n) is 4.12. The van der Waals surface area contributed by atoms with Crippen molar-refractivity contribution in [2.45, 2.75) is 51.2 Å². The Balaban J connectivity index is 2.06. The van der Waals surface area contributed by atoms with Gasteiger partial charge in [-0.25, -0.2) is 8.42 Å². The van der Waals surface area contributed by atoms with Crippen molar-refractivity contribution in [1.29, 1.82) is 0 Å². The van der Waals surface area contributed by atoms with Crippen molar-refractivity contribution in [3.8, 4) is 11.5 Å². The molecule has 3 aromatic rings. The zero-order valence-corrected chi connectivity index (χ0v) is 25.6. The van der Waals surface area contributed by atoms with E-state index in [0.717, 1.165) is 15.4 Å². The van der Waals surface area contributed by atoms with Gasteiger partial charge in [0.15, 0.2) is 11.5 Å². The first kappa shape index (κ1) is 31.8. The topological polar surface area (TPSA) is 105 Å². The van der Waals surface area contributed by atoms with E-state index in [2.05, 4.69) is 5.32 Å². The van der Waals surface area contributed by atoms with Gasteiger partial charge in [-0.15, -0.1) is 0 Å². The van der Waals surface area contributed by atoms with E-state index in [9.17, 15) is 18.0 Å². The predicted molar refractivity (Wildman–Crippen MR) is 160 cm³/mol. The average molecular weight is 602 g/mol. The lowest BCUT2D eigenvalue weighted by atomic mass is 10.1. The molecule has 1 atom stereocenters. The van der Waals surface area contributed by atoms with E-state index < -0.39 is 28.5 Å². The van der Waals surface area contributed by atoms with Gasteiger partial charge in [-0.2, -0.15) is 0 Å². The first-order valence-electron chi connectivity index (χ1n) is 13.0. The normalized spacial score (nSPS) is 12.0. The summed E-state index contributed by atoms with van der Waals surface area (Å²) in [5.41, 5.74) is 2.08. The zero-order valence-electron chi connectivity index (χ0n) is 24.0. The fourth-order valence-corrected chi connectivity index (χ4v) is 5.67. The highest BCUT2D eigenvalue weighted by atomic mass is 35.5. The first-order valence-corrected chi connectivity index (χ1v) is 14.8. The Hall–Kier alpha value is -3.76. The molecule has 0 aliphatic carbocycles. The second kappa shape index (κ2) is 13.7. The SMILES string of the molecule is COc1ccc(S(=O)(=O)N(CC(=O)N(Cc2ccc(C)cc2)[C@H](C)C(=O)NC(C)C)c2ccc(Cl)cc2)cc1OC. The number of amides is 2. The van der Waals surface area contributed by atoms with E-state index in [0.29, 0.717) is 10.8 Å². The summed E-state index contributed by atoms with van der Waals surface area (Å²) in [5, 5.41) is 3.24. The van der Waals surface area contributed by atoms with Crippen LogP contribution in [-0.2, 0) is 26.2 Å². The number of rotatable bonds is 12. The Kier molecular flexibility index (Phi) is 10.6.